The number of rotatable bonds is 3. The van der Waals surface area contributed by atoms with Crippen molar-refractivity contribution in [2.24, 2.45) is 0 Å². The molecule has 0 atom stereocenters. The Hall–Kier alpha value is -2.24. The molecule has 1 heterocycles. The minimum absolute atomic E-state index is 0.357. The molecule has 17 heavy (non-hydrogen) atoms. The molecule has 2 rings (SSSR count). The van der Waals surface area contributed by atoms with Gasteiger partial charge in [0.15, 0.2) is 0 Å². The van der Waals surface area contributed by atoms with Gasteiger partial charge in [-0.25, -0.2) is 0 Å². The Kier molecular flexibility index (Phi) is 3.13. The van der Waals surface area contributed by atoms with Crippen LogP contribution in [0.15, 0.2) is 24.3 Å². The summed E-state index contributed by atoms with van der Waals surface area (Å²) >= 11 is 0. The predicted molar refractivity (Wildman–Crippen MR) is 57.2 cm³/mol. The van der Waals surface area contributed by atoms with Crippen molar-refractivity contribution in [3.63, 3.8) is 0 Å². The van der Waals surface area contributed by atoms with Crippen LogP contribution in [0, 0.1) is 0 Å². The van der Waals surface area contributed by atoms with E-state index in [1.807, 2.05) is 0 Å². The summed E-state index contributed by atoms with van der Waals surface area (Å²) in [5.74, 6) is -0.674. The quantitative estimate of drug-likeness (QED) is 0.621. The van der Waals surface area contributed by atoms with Crippen molar-refractivity contribution in [3.05, 3.63) is 24.3 Å². The Balaban J connectivity index is 2.09. The summed E-state index contributed by atoms with van der Waals surface area (Å²) < 4.78 is 14.7. The summed E-state index contributed by atoms with van der Waals surface area (Å²) in [6.45, 7) is 0. The smallest absolute Gasteiger partial charge is 0.329 e. The van der Waals surface area contributed by atoms with Gasteiger partial charge in [-0.15, -0.1) is 0 Å². The van der Waals surface area contributed by atoms with E-state index >= 15 is 0 Å². The molecule has 0 radical (unpaired) electrons. The third-order valence-electron chi connectivity index (χ3n) is 2.15. The lowest BCUT2D eigenvalue weighted by molar-refractivity contribution is -0.197. The molecule has 0 aliphatic carbocycles. The number of ether oxygens (including phenoxy) is 3. The van der Waals surface area contributed by atoms with Gasteiger partial charge in [-0.05, 0) is 12.1 Å². The van der Waals surface area contributed by atoms with Crippen LogP contribution in [0.4, 0.5) is 5.69 Å². The predicted octanol–water partition coefficient (Wildman–Crippen LogP) is 0.881. The fourth-order valence-corrected chi connectivity index (χ4v) is 1.41. The number of methoxy groups -OCH3 is 1. The molecule has 0 bridgehead atoms. The van der Waals surface area contributed by atoms with E-state index in [0.29, 0.717) is 11.4 Å². The second kappa shape index (κ2) is 4.73. The van der Waals surface area contributed by atoms with Gasteiger partial charge in [0, 0.05) is 0 Å². The maximum Gasteiger partial charge on any atom is 0.329 e. The van der Waals surface area contributed by atoms with Crippen LogP contribution in [0.1, 0.15) is 6.42 Å². The monoisotopic (exact) mass is 237 g/mol. The average molecular weight is 237 g/mol. The molecule has 90 valence electrons. The summed E-state index contributed by atoms with van der Waals surface area (Å²) in [5, 5.41) is 2.75. The van der Waals surface area contributed by atoms with Crippen LogP contribution >= 0.6 is 0 Å². The number of anilines is 1. The Bertz CT molecular complexity index is 429. The van der Waals surface area contributed by atoms with Crippen molar-refractivity contribution >= 4 is 17.6 Å². The van der Waals surface area contributed by atoms with Crippen molar-refractivity contribution in [2.75, 3.05) is 12.4 Å². The molecule has 0 spiro atoms. The number of esters is 2. The van der Waals surface area contributed by atoms with Crippen molar-refractivity contribution in [3.8, 4) is 5.75 Å². The zero-order valence-corrected chi connectivity index (χ0v) is 9.14. The van der Waals surface area contributed by atoms with E-state index in [9.17, 15) is 9.59 Å². The standard InChI is InChI=1S/C11H11NO5/c1-15-8-5-3-2-4-7(8)12-11-16-9(13)6-10(14)17-11/h2-5,11-12H,6H2,1H3. The minimum atomic E-state index is -1.11. The third kappa shape index (κ3) is 2.66. The van der Waals surface area contributed by atoms with Crippen LogP contribution in [-0.4, -0.2) is 25.5 Å². The molecule has 6 heteroatoms. The molecule has 0 unspecified atom stereocenters. The summed E-state index contributed by atoms with van der Waals surface area (Å²) in [5.41, 5.74) is 0.572. The van der Waals surface area contributed by atoms with Crippen molar-refractivity contribution in [2.45, 2.75) is 12.8 Å². The Morgan fingerprint density at radius 2 is 1.88 bits per heavy atom. The van der Waals surface area contributed by atoms with Gasteiger partial charge in [0.2, 0.25) is 0 Å². The zero-order valence-electron chi connectivity index (χ0n) is 9.14. The molecule has 0 amide bonds. The van der Waals surface area contributed by atoms with E-state index in [1.54, 1.807) is 24.3 Å². The molecule has 1 fully saturated rings. The lowest BCUT2D eigenvalue weighted by Crippen LogP contribution is -2.37. The van der Waals surface area contributed by atoms with Crippen LogP contribution < -0.4 is 10.1 Å². The highest BCUT2D eigenvalue weighted by Crippen LogP contribution is 2.24. The van der Waals surface area contributed by atoms with Crippen molar-refractivity contribution in [1.82, 2.24) is 0 Å². The first-order valence-corrected chi connectivity index (χ1v) is 4.97. The highest BCUT2D eigenvalue weighted by molar-refractivity contribution is 5.92. The summed E-state index contributed by atoms with van der Waals surface area (Å²) in [6.07, 6.45) is -1.47. The fraction of sp³-hybridized carbons (Fsp3) is 0.273. The van der Waals surface area contributed by atoms with Gasteiger partial charge >= 0.3 is 18.4 Å². The highest BCUT2D eigenvalue weighted by atomic mass is 16.7. The van der Waals surface area contributed by atoms with Crippen LogP contribution in [0.25, 0.3) is 0 Å². The maximum absolute atomic E-state index is 11.0. The highest BCUT2D eigenvalue weighted by Gasteiger charge is 2.28. The first-order chi connectivity index (χ1) is 8.19. The number of nitrogens with one attached hydrogen (secondary N) is 1. The Morgan fingerprint density at radius 3 is 2.53 bits per heavy atom. The Labute approximate surface area is 97.5 Å². The molecular weight excluding hydrogens is 226 g/mol. The van der Waals surface area contributed by atoms with E-state index in [1.165, 1.54) is 7.11 Å². The second-order valence-corrected chi connectivity index (χ2v) is 3.33. The van der Waals surface area contributed by atoms with Crippen LogP contribution in [0.2, 0.25) is 0 Å². The van der Waals surface area contributed by atoms with E-state index in [2.05, 4.69) is 5.32 Å². The van der Waals surface area contributed by atoms with Gasteiger partial charge in [-0.2, -0.15) is 0 Å². The minimum Gasteiger partial charge on any atom is -0.495 e. The normalized spacial score (nSPS) is 16.1. The topological polar surface area (TPSA) is 73.9 Å². The van der Waals surface area contributed by atoms with Crippen LogP contribution in [0.5, 0.6) is 5.75 Å². The number of cyclic esters (lactones) is 2. The molecule has 0 saturated carbocycles. The van der Waals surface area contributed by atoms with Crippen LogP contribution in [0.3, 0.4) is 0 Å². The van der Waals surface area contributed by atoms with Gasteiger partial charge in [-0.3, -0.25) is 9.59 Å². The zero-order chi connectivity index (χ0) is 12.3. The maximum atomic E-state index is 11.0. The van der Waals surface area contributed by atoms with Gasteiger partial charge in [0.05, 0.1) is 12.8 Å². The lowest BCUT2D eigenvalue weighted by Gasteiger charge is -2.24. The third-order valence-corrected chi connectivity index (χ3v) is 2.15. The first kappa shape index (κ1) is 11.3. The molecule has 1 aromatic carbocycles. The number of hydrogen-bond donors (Lipinski definition) is 1. The molecule has 1 saturated heterocycles. The molecule has 1 aliphatic rings. The van der Waals surface area contributed by atoms with E-state index < -0.39 is 18.4 Å². The number of carbonyl (C=O) groups is 2. The number of benzene rings is 1. The summed E-state index contributed by atoms with van der Waals surface area (Å²) in [4.78, 5) is 22.1. The van der Waals surface area contributed by atoms with Crippen LogP contribution in [-0.2, 0) is 19.1 Å². The molecular formula is C11H11NO5. The van der Waals surface area contributed by atoms with Gasteiger partial charge in [-0.1, -0.05) is 12.1 Å². The number of carbonyl (C=O) groups excluding carboxylic acids is 2. The summed E-state index contributed by atoms with van der Waals surface area (Å²) in [7, 11) is 1.51. The average Bonchev–Trinajstić information content (AvgIpc) is 2.28. The second-order valence-electron chi connectivity index (χ2n) is 3.33. The molecule has 1 aromatic rings. The molecule has 0 aromatic heterocycles. The Morgan fingerprint density at radius 1 is 1.24 bits per heavy atom. The fourth-order valence-electron chi connectivity index (χ4n) is 1.41. The van der Waals surface area contributed by atoms with Gasteiger partial charge < -0.3 is 19.5 Å². The molecule has 1 aliphatic heterocycles. The SMILES string of the molecule is COc1ccccc1NC1OC(=O)CC(=O)O1. The molecule has 6 nitrogen and oxygen atoms in total. The lowest BCUT2D eigenvalue weighted by atomic mass is 10.3. The van der Waals surface area contributed by atoms with Gasteiger partial charge in [0.1, 0.15) is 12.2 Å². The van der Waals surface area contributed by atoms with E-state index in [4.69, 9.17) is 14.2 Å². The van der Waals surface area contributed by atoms with E-state index in [0.717, 1.165) is 0 Å². The number of para-hydroxylation sites is 2. The van der Waals surface area contributed by atoms with E-state index in [-0.39, 0.29) is 6.42 Å². The first-order valence-electron chi connectivity index (χ1n) is 4.97. The largest absolute Gasteiger partial charge is 0.495 e. The number of hydrogen-bond acceptors (Lipinski definition) is 6. The molecule has 1 N–H and O–H groups in total. The van der Waals surface area contributed by atoms with Crippen molar-refractivity contribution < 1.29 is 23.8 Å². The van der Waals surface area contributed by atoms with Crippen molar-refractivity contribution in [1.29, 1.82) is 0 Å². The summed E-state index contributed by atoms with van der Waals surface area (Å²) in [6, 6.07) is 7.02. The van der Waals surface area contributed by atoms with Gasteiger partial charge in [0.25, 0.3) is 0 Å².